The molecule has 9 fully saturated rings. The van der Waals surface area contributed by atoms with E-state index in [1.807, 2.05) is 6.92 Å². The first-order valence-corrected chi connectivity index (χ1v) is 30.2. The summed E-state index contributed by atoms with van der Waals surface area (Å²) in [4.78, 5) is 15.4. The topological polar surface area (TPSA) is 433 Å². The first-order chi connectivity index (χ1) is 39.7. The van der Waals surface area contributed by atoms with Gasteiger partial charge >= 0.3 is 5.97 Å². The summed E-state index contributed by atoms with van der Waals surface area (Å²) in [7, 11) is 0. The minimum absolute atomic E-state index is 0.103. The zero-order valence-corrected chi connectivity index (χ0v) is 49.5. The molecular weight excluding hydrogens is 1130 g/mol. The van der Waals surface area contributed by atoms with Gasteiger partial charge in [0.15, 0.2) is 31.3 Å². The average molecular weight is 1220 g/mol. The number of aliphatic hydroxyl groups is 16. The molecule has 10 rings (SSSR count). The Morgan fingerprint density at radius 3 is 1.78 bits per heavy atom. The van der Waals surface area contributed by atoms with Crippen LogP contribution in [0, 0.1) is 50.2 Å². The van der Waals surface area contributed by atoms with Crippen molar-refractivity contribution in [1.29, 1.82) is 0 Å². The number of hydrogen-bond donors (Lipinski definition) is 16. The van der Waals surface area contributed by atoms with Crippen LogP contribution in [0.25, 0.3) is 0 Å². The molecule has 0 amide bonds. The molecule has 16 N–H and O–H groups in total. The van der Waals surface area contributed by atoms with Gasteiger partial charge in [0.05, 0.1) is 62.4 Å². The summed E-state index contributed by atoms with van der Waals surface area (Å²) in [5.74, 6) is -1.92. The zero-order chi connectivity index (χ0) is 62.2. The first-order valence-electron chi connectivity index (χ1n) is 30.2. The molecule has 34 unspecified atom stereocenters. The summed E-state index contributed by atoms with van der Waals surface area (Å²) in [5.41, 5.74) is -3.85. The van der Waals surface area contributed by atoms with Gasteiger partial charge in [-0.25, -0.2) is 0 Å². The van der Waals surface area contributed by atoms with Gasteiger partial charge in [-0.2, -0.15) is 0 Å². The van der Waals surface area contributed by atoms with Crippen molar-refractivity contribution in [1.82, 2.24) is 0 Å². The average Bonchev–Trinajstić information content (AvgIpc) is 0.682. The van der Waals surface area contributed by atoms with Crippen LogP contribution in [0.2, 0.25) is 0 Å². The highest BCUT2D eigenvalue weighted by atomic mass is 16.8. The number of carbonyl (C=O) groups is 1. The molecule has 0 aromatic rings. The summed E-state index contributed by atoms with van der Waals surface area (Å²) in [5, 5.41) is 177. The van der Waals surface area contributed by atoms with Gasteiger partial charge in [-0.1, -0.05) is 53.2 Å². The van der Waals surface area contributed by atoms with E-state index in [9.17, 15) is 81.7 Å². The third kappa shape index (κ3) is 10.9. The van der Waals surface area contributed by atoms with Crippen LogP contribution in [0.1, 0.15) is 107 Å². The minimum atomic E-state index is -1.96. The van der Waals surface area contributed by atoms with Crippen LogP contribution in [0.3, 0.4) is 0 Å². The Morgan fingerprint density at radius 1 is 0.541 bits per heavy atom. The summed E-state index contributed by atoms with van der Waals surface area (Å²) in [6.07, 6.45) is -35.1. The van der Waals surface area contributed by atoms with Gasteiger partial charge in [0.25, 0.3) is 0 Å². The second kappa shape index (κ2) is 24.0. The highest BCUT2D eigenvalue weighted by Crippen LogP contribution is 2.76. The van der Waals surface area contributed by atoms with Crippen molar-refractivity contribution in [3.8, 4) is 0 Å². The molecule has 488 valence electrons. The maximum atomic E-state index is 15.4. The maximum Gasteiger partial charge on any atom is 0.315 e. The molecule has 0 bridgehead atoms. The van der Waals surface area contributed by atoms with Crippen LogP contribution in [-0.4, -0.2) is 274 Å². The molecule has 0 radical (unpaired) electrons. The van der Waals surface area contributed by atoms with E-state index in [2.05, 4.69) is 33.8 Å². The molecule has 0 aromatic heterocycles. The normalized spacial score (nSPS) is 56.1. The Labute approximate surface area is 493 Å². The molecule has 34 atom stereocenters. The number of rotatable bonds is 12. The fourth-order valence-electron chi connectivity index (χ4n) is 17.7. The van der Waals surface area contributed by atoms with Crippen molar-refractivity contribution in [3.05, 3.63) is 11.6 Å². The second-order valence-corrected chi connectivity index (χ2v) is 28.3. The molecule has 27 heteroatoms. The van der Waals surface area contributed by atoms with Crippen LogP contribution >= 0.6 is 0 Å². The third-order valence-electron chi connectivity index (χ3n) is 22.7. The van der Waals surface area contributed by atoms with Crippen molar-refractivity contribution in [2.45, 2.75) is 266 Å². The van der Waals surface area contributed by atoms with Gasteiger partial charge in [0.2, 0.25) is 6.29 Å². The lowest BCUT2D eigenvalue weighted by Crippen LogP contribution is -2.72. The van der Waals surface area contributed by atoms with Crippen LogP contribution in [0.4, 0.5) is 0 Å². The van der Waals surface area contributed by atoms with Crippen molar-refractivity contribution in [3.63, 3.8) is 0 Å². The van der Waals surface area contributed by atoms with Gasteiger partial charge in [0, 0.05) is 11.3 Å². The molecule has 5 heterocycles. The summed E-state index contributed by atoms with van der Waals surface area (Å²) < 4.78 is 59.1. The number of aliphatic hydroxyl groups excluding tert-OH is 16. The molecule has 0 spiro atoms. The molecule has 85 heavy (non-hydrogen) atoms. The number of hydrogen-bond acceptors (Lipinski definition) is 27. The van der Waals surface area contributed by atoms with Gasteiger partial charge < -0.3 is 129 Å². The van der Waals surface area contributed by atoms with Gasteiger partial charge in [0.1, 0.15) is 91.6 Å². The Hall–Kier alpha value is -1.79. The highest BCUT2D eigenvalue weighted by Gasteiger charge is 2.73. The minimum Gasteiger partial charge on any atom is -0.432 e. The van der Waals surface area contributed by atoms with E-state index in [0.717, 1.165) is 5.57 Å². The Bertz CT molecular complexity index is 2390. The van der Waals surface area contributed by atoms with Crippen LogP contribution in [0.5, 0.6) is 0 Å². The summed E-state index contributed by atoms with van der Waals surface area (Å²) in [6.45, 7) is 13.0. The molecule has 0 aromatic carbocycles. The Morgan fingerprint density at radius 2 is 1.12 bits per heavy atom. The van der Waals surface area contributed by atoms with E-state index in [1.54, 1.807) is 6.92 Å². The number of carbonyl (C=O) groups excluding carboxylic acids is 1. The lowest BCUT2D eigenvalue weighted by atomic mass is 9.33. The molecule has 5 aliphatic heterocycles. The Kier molecular flexibility index (Phi) is 18.7. The first kappa shape index (κ1) is 66.1. The third-order valence-corrected chi connectivity index (χ3v) is 22.7. The number of esters is 1. The quantitative estimate of drug-likeness (QED) is 0.0504. The predicted molar refractivity (Wildman–Crippen MR) is 285 cm³/mol. The standard InChI is InChI=1S/C58H94O27/c1-22-32(65)35(68)38(71)48(78-22)82-43-29(64)20-76-47(41(43)74)81-42-23(2)79-49(40(73)37(42)70)83-44-33(66)28(63)19-77-51(44)85-52(75)58-13-11-53(3,4)15-25(58)24-9-10-31-54(5)16-27(62)46(84-50-39(72)36(69)34(67)30(18-59)80-50)55(6,21-60)45(54)26(61)17-57(31,8)56(24,7)12-14-58/h9,22-23,25-51,59-74H,10-21H2,1-8H3. The smallest absolute Gasteiger partial charge is 0.315 e. The lowest BCUT2D eigenvalue weighted by Gasteiger charge is -2.72. The van der Waals surface area contributed by atoms with E-state index in [-0.39, 0.29) is 24.2 Å². The van der Waals surface area contributed by atoms with E-state index in [4.69, 9.17) is 47.4 Å². The van der Waals surface area contributed by atoms with E-state index in [1.165, 1.54) is 13.8 Å². The lowest BCUT2D eigenvalue weighted by molar-refractivity contribution is -0.377. The largest absolute Gasteiger partial charge is 0.432 e. The highest BCUT2D eigenvalue weighted by molar-refractivity contribution is 5.79. The van der Waals surface area contributed by atoms with Gasteiger partial charge in [-0.15, -0.1) is 0 Å². The predicted octanol–water partition coefficient (Wildman–Crippen LogP) is -3.96. The van der Waals surface area contributed by atoms with Crippen LogP contribution in [-0.2, 0) is 52.2 Å². The number of ether oxygens (including phenoxy) is 10. The molecule has 4 saturated carbocycles. The van der Waals surface area contributed by atoms with E-state index >= 15 is 4.79 Å². The maximum absolute atomic E-state index is 15.4. The fraction of sp³-hybridized carbons (Fsp3) is 0.948. The molecule has 27 nitrogen and oxygen atoms in total. The van der Waals surface area contributed by atoms with Crippen molar-refractivity contribution < 1.29 is 134 Å². The molecule has 5 saturated heterocycles. The summed E-state index contributed by atoms with van der Waals surface area (Å²) >= 11 is 0. The van der Waals surface area contributed by atoms with Crippen molar-refractivity contribution >= 4 is 5.97 Å². The number of allylic oxidation sites excluding steroid dienone is 2. The second-order valence-electron chi connectivity index (χ2n) is 28.3. The van der Waals surface area contributed by atoms with Crippen molar-refractivity contribution in [2.24, 2.45) is 50.2 Å². The zero-order valence-electron chi connectivity index (χ0n) is 49.5. The summed E-state index contributed by atoms with van der Waals surface area (Å²) in [6, 6.07) is 0. The molecule has 5 aliphatic carbocycles. The van der Waals surface area contributed by atoms with E-state index in [0.29, 0.717) is 38.5 Å². The van der Waals surface area contributed by atoms with Crippen LogP contribution < -0.4 is 0 Å². The Balaban J connectivity index is 0.852. The van der Waals surface area contributed by atoms with Crippen LogP contribution in [0.15, 0.2) is 11.6 Å². The molecular formula is C58H94O27. The van der Waals surface area contributed by atoms with Gasteiger partial charge in [-0.05, 0) is 98.7 Å². The molecule has 10 aliphatic rings. The SMILES string of the molecule is CC1OC(OC2C(O)COC(OC3C(C)OC(OC4C(OC(=O)C56CCC(C)(C)CC5C5=CCC7C8(C)CC(O)C(OC9OC(CO)C(O)C(O)C9O)C(C)(CO)C8C(O)CC7(C)C5(C)CC6)OCC(O)C4O)C(O)C3O)C2O)C(O)C(O)C1O. The van der Waals surface area contributed by atoms with Gasteiger partial charge in [-0.3, -0.25) is 4.79 Å². The monoisotopic (exact) mass is 1220 g/mol. The van der Waals surface area contributed by atoms with Crippen molar-refractivity contribution in [2.75, 3.05) is 26.4 Å². The number of fused-ring (bicyclic) bond motifs is 7. The van der Waals surface area contributed by atoms with E-state index < -0.39 is 231 Å². The fourth-order valence-corrected chi connectivity index (χ4v) is 17.7.